The molecular weight excluding hydrogens is 339 g/mol. The molecule has 0 radical (unpaired) electrons. The minimum absolute atomic E-state index is 0.0232. The molecule has 2 rings (SSSR count). The van der Waals surface area contributed by atoms with E-state index >= 15 is 0 Å². The molecule has 0 saturated heterocycles. The molecule has 2 aromatic rings. The van der Waals surface area contributed by atoms with Crippen LogP contribution in [0.25, 0.3) is 0 Å². The van der Waals surface area contributed by atoms with Crippen molar-refractivity contribution >= 4 is 23.4 Å². The Hall–Kier alpha value is -2.08. The van der Waals surface area contributed by atoms with Crippen molar-refractivity contribution in [3.05, 3.63) is 48.4 Å². The van der Waals surface area contributed by atoms with Gasteiger partial charge in [-0.15, -0.1) is 11.8 Å². The van der Waals surface area contributed by atoms with Crippen LogP contribution in [-0.2, 0) is 4.79 Å². The van der Waals surface area contributed by atoms with E-state index in [-0.39, 0.29) is 17.1 Å². The normalized spacial score (nSPS) is 11.2. The van der Waals surface area contributed by atoms with E-state index in [2.05, 4.69) is 10.3 Å². The lowest BCUT2D eigenvalue weighted by Crippen LogP contribution is -2.20. The third kappa shape index (κ3) is 7.13. The van der Waals surface area contributed by atoms with Crippen molar-refractivity contribution in [3.63, 3.8) is 0 Å². The summed E-state index contributed by atoms with van der Waals surface area (Å²) in [6, 6.07) is 9.56. The van der Waals surface area contributed by atoms with Gasteiger partial charge in [-0.3, -0.25) is 4.79 Å². The number of hydrogen-bond donors (Lipinski definition) is 1. The third-order valence-corrected chi connectivity index (χ3v) is 4.11. The summed E-state index contributed by atoms with van der Waals surface area (Å²) < 4.78 is 18.4. The molecule has 0 aliphatic heterocycles. The van der Waals surface area contributed by atoms with Crippen molar-refractivity contribution < 1.29 is 13.9 Å². The molecule has 1 aromatic heterocycles. The average Bonchev–Trinajstić information content (AvgIpc) is 2.53. The van der Waals surface area contributed by atoms with Crippen molar-refractivity contribution in [2.24, 2.45) is 5.41 Å². The summed E-state index contributed by atoms with van der Waals surface area (Å²) in [5.74, 6) is 0.980. The molecule has 1 heterocycles. The molecule has 0 fully saturated rings. The molecule has 1 N–H and O–H groups in total. The Morgan fingerprint density at radius 1 is 1.24 bits per heavy atom. The summed E-state index contributed by atoms with van der Waals surface area (Å²) >= 11 is 1.50. The molecule has 0 bridgehead atoms. The number of nitrogens with zero attached hydrogens (tertiary/aromatic N) is 1. The number of nitrogens with one attached hydrogen (secondary N) is 1. The van der Waals surface area contributed by atoms with Gasteiger partial charge in [0.05, 0.1) is 12.3 Å². The number of hydrogen-bond acceptors (Lipinski definition) is 4. The summed E-state index contributed by atoms with van der Waals surface area (Å²) in [6.07, 6.45) is 2.14. The summed E-state index contributed by atoms with van der Waals surface area (Å²) in [5.41, 5.74) is 0.645. The van der Waals surface area contributed by atoms with Crippen molar-refractivity contribution in [1.29, 1.82) is 0 Å². The topological polar surface area (TPSA) is 51.2 Å². The number of carbonyl (C=O) groups excluding carboxylic acids is 1. The highest BCUT2D eigenvalue weighted by Crippen LogP contribution is 2.26. The second-order valence-electron chi connectivity index (χ2n) is 6.79. The number of ether oxygens (including phenoxy) is 1. The van der Waals surface area contributed by atoms with Gasteiger partial charge in [0.25, 0.3) is 0 Å². The maximum atomic E-state index is 12.8. The fraction of sp³-hybridized carbons (Fsp3) is 0.368. The number of thioether (sulfide) groups is 1. The van der Waals surface area contributed by atoms with Crippen molar-refractivity contribution in [1.82, 2.24) is 4.98 Å². The highest BCUT2D eigenvalue weighted by Gasteiger charge is 2.17. The summed E-state index contributed by atoms with van der Waals surface area (Å²) in [4.78, 5) is 16.4. The summed E-state index contributed by atoms with van der Waals surface area (Å²) in [5, 5.41) is 3.68. The maximum Gasteiger partial charge on any atom is 0.224 e. The van der Waals surface area contributed by atoms with Crippen molar-refractivity contribution in [3.8, 4) is 5.75 Å². The molecule has 1 aromatic carbocycles. The molecule has 25 heavy (non-hydrogen) atoms. The quantitative estimate of drug-likeness (QED) is 0.569. The Morgan fingerprint density at radius 2 is 1.96 bits per heavy atom. The van der Waals surface area contributed by atoms with Gasteiger partial charge in [-0.25, -0.2) is 9.37 Å². The van der Waals surface area contributed by atoms with Gasteiger partial charge in [0.15, 0.2) is 0 Å². The van der Waals surface area contributed by atoms with Crippen molar-refractivity contribution in [2.75, 3.05) is 17.7 Å². The van der Waals surface area contributed by atoms with Gasteiger partial charge in [-0.1, -0.05) is 20.8 Å². The molecule has 1 amide bonds. The molecule has 0 aliphatic rings. The van der Waals surface area contributed by atoms with Gasteiger partial charge in [0.1, 0.15) is 16.6 Å². The number of rotatable bonds is 7. The molecule has 6 heteroatoms. The zero-order chi connectivity index (χ0) is 18.3. The molecule has 0 aliphatic carbocycles. The van der Waals surface area contributed by atoms with Crippen LogP contribution in [0.4, 0.5) is 10.1 Å². The number of amides is 1. The predicted molar refractivity (Wildman–Crippen MR) is 99.6 cm³/mol. The fourth-order valence-electron chi connectivity index (χ4n) is 2.11. The second kappa shape index (κ2) is 8.85. The Balaban J connectivity index is 1.85. The number of carbonyl (C=O) groups is 1. The predicted octanol–water partition coefficient (Wildman–Crippen LogP) is 4.77. The van der Waals surface area contributed by atoms with E-state index in [1.165, 1.54) is 23.9 Å². The molecule has 0 unspecified atom stereocenters. The molecule has 0 spiro atoms. The Bertz CT molecular complexity index is 699. The van der Waals surface area contributed by atoms with E-state index in [0.29, 0.717) is 30.2 Å². The zero-order valence-electron chi connectivity index (χ0n) is 14.7. The van der Waals surface area contributed by atoms with Gasteiger partial charge < -0.3 is 10.1 Å². The van der Waals surface area contributed by atoms with Crippen LogP contribution in [0.15, 0.2) is 47.6 Å². The summed E-state index contributed by atoms with van der Waals surface area (Å²) in [6.45, 7) is 6.54. The fourth-order valence-corrected chi connectivity index (χ4v) is 2.88. The van der Waals surface area contributed by atoms with E-state index < -0.39 is 0 Å². The molecule has 4 nitrogen and oxygen atoms in total. The van der Waals surface area contributed by atoms with Crippen LogP contribution in [0.1, 0.15) is 27.2 Å². The van der Waals surface area contributed by atoms with Crippen LogP contribution in [0.2, 0.25) is 0 Å². The number of anilines is 1. The van der Waals surface area contributed by atoms with E-state index in [1.54, 1.807) is 24.4 Å². The van der Waals surface area contributed by atoms with Crippen LogP contribution in [0.5, 0.6) is 5.75 Å². The first-order chi connectivity index (χ1) is 11.8. The lowest BCUT2D eigenvalue weighted by molar-refractivity contribution is -0.117. The first-order valence-corrected chi connectivity index (χ1v) is 9.08. The van der Waals surface area contributed by atoms with Crippen LogP contribution in [0.3, 0.4) is 0 Å². The minimum Gasteiger partial charge on any atom is -0.493 e. The summed E-state index contributed by atoms with van der Waals surface area (Å²) in [7, 11) is 0. The van der Waals surface area contributed by atoms with Crippen LogP contribution < -0.4 is 10.1 Å². The van der Waals surface area contributed by atoms with Crippen LogP contribution >= 0.6 is 11.8 Å². The number of benzene rings is 1. The largest absolute Gasteiger partial charge is 0.493 e. The van der Waals surface area contributed by atoms with E-state index in [1.807, 2.05) is 26.8 Å². The van der Waals surface area contributed by atoms with Crippen LogP contribution in [-0.4, -0.2) is 23.3 Å². The Labute approximate surface area is 152 Å². The number of aromatic nitrogens is 1. The third-order valence-electron chi connectivity index (χ3n) is 3.14. The number of pyridine rings is 1. The molecule has 0 saturated carbocycles. The van der Waals surface area contributed by atoms with Crippen molar-refractivity contribution in [2.45, 2.75) is 32.2 Å². The lowest BCUT2D eigenvalue weighted by atomic mass is 9.92. The van der Waals surface area contributed by atoms with Gasteiger partial charge in [0, 0.05) is 18.4 Å². The lowest BCUT2D eigenvalue weighted by Gasteiger charge is -2.18. The maximum absolute atomic E-state index is 12.8. The van der Waals surface area contributed by atoms with E-state index in [9.17, 15) is 9.18 Å². The smallest absolute Gasteiger partial charge is 0.224 e. The van der Waals surface area contributed by atoms with Gasteiger partial charge in [-0.05, 0) is 41.8 Å². The van der Waals surface area contributed by atoms with Gasteiger partial charge in [0.2, 0.25) is 5.91 Å². The SMILES string of the molecule is CC(C)(C)CC(=O)Nc1cccnc1SCCOc1ccc(F)cc1. The van der Waals surface area contributed by atoms with Gasteiger partial charge >= 0.3 is 0 Å². The minimum atomic E-state index is -0.286. The van der Waals surface area contributed by atoms with E-state index in [0.717, 1.165) is 5.03 Å². The monoisotopic (exact) mass is 362 g/mol. The van der Waals surface area contributed by atoms with Crippen LogP contribution in [0, 0.1) is 11.2 Å². The number of halogens is 1. The average molecular weight is 362 g/mol. The van der Waals surface area contributed by atoms with E-state index in [4.69, 9.17) is 4.74 Å². The Morgan fingerprint density at radius 3 is 2.64 bits per heavy atom. The molecule has 134 valence electrons. The molecule has 0 atom stereocenters. The first-order valence-electron chi connectivity index (χ1n) is 8.09. The molecular formula is C19H23FN2O2S. The highest BCUT2D eigenvalue weighted by atomic mass is 32.2. The van der Waals surface area contributed by atoms with Gasteiger partial charge in [-0.2, -0.15) is 0 Å². The first kappa shape index (κ1) is 19.2. The Kier molecular flexibility index (Phi) is 6.82. The highest BCUT2D eigenvalue weighted by molar-refractivity contribution is 7.99. The zero-order valence-corrected chi connectivity index (χ0v) is 15.5. The second-order valence-corrected chi connectivity index (χ2v) is 7.88. The standard InChI is InChI=1S/C19H23FN2O2S/c1-19(2,3)13-17(23)22-16-5-4-10-21-18(16)25-12-11-24-15-8-6-14(20)7-9-15/h4-10H,11-13H2,1-3H3,(H,22,23).